The summed E-state index contributed by atoms with van der Waals surface area (Å²) in [6.07, 6.45) is 4.22. The molecule has 12 heteroatoms. The zero-order valence-electron chi connectivity index (χ0n) is 26.3. The van der Waals surface area contributed by atoms with Gasteiger partial charge >= 0.3 is 12.1 Å². The van der Waals surface area contributed by atoms with Gasteiger partial charge < -0.3 is 30.1 Å². The van der Waals surface area contributed by atoms with Crippen LogP contribution >= 0.6 is 31.9 Å². The summed E-state index contributed by atoms with van der Waals surface area (Å²) in [5, 5.41) is 6.50. The van der Waals surface area contributed by atoms with Crippen molar-refractivity contribution in [2.24, 2.45) is 0 Å². The quantitative estimate of drug-likeness (QED) is 0.426. The zero-order valence-corrected chi connectivity index (χ0v) is 29.4. The van der Waals surface area contributed by atoms with E-state index in [1.807, 2.05) is 46.2 Å². The number of anilines is 1. The summed E-state index contributed by atoms with van der Waals surface area (Å²) >= 11 is 7.10. The first-order valence-corrected chi connectivity index (χ1v) is 18.2. The molecule has 4 amide bonds. The second-order valence-corrected chi connectivity index (χ2v) is 14.5. The van der Waals surface area contributed by atoms with Gasteiger partial charge in [0.15, 0.2) is 6.10 Å². The van der Waals surface area contributed by atoms with Crippen molar-refractivity contribution in [1.82, 2.24) is 24.9 Å². The first-order chi connectivity index (χ1) is 22.4. The molecular weight excluding hydrogens is 716 g/mol. The summed E-state index contributed by atoms with van der Waals surface area (Å²) in [6.45, 7) is 6.78. The van der Waals surface area contributed by atoms with Crippen molar-refractivity contribution in [3.8, 4) is 0 Å². The van der Waals surface area contributed by atoms with Gasteiger partial charge in [-0.15, -0.1) is 0 Å². The third-order valence-electron chi connectivity index (χ3n) is 9.90. The van der Waals surface area contributed by atoms with Crippen LogP contribution in [0.25, 0.3) is 0 Å². The smallest absolute Gasteiger partial charge is 0.410 e. The molecule has 3 saturated heterocycles. The number of benzene rings is 2. The molecular formula is C34H44Br2N6O4. The number of carbonyl (C=O) groups is 3. The van der Waals surface area contributed by atoms with Gasteiger partial charge in [-0.2, -0.15) is 0 Å². The highest BCUT2D eigenvalue weighted by Gasteiger charge is 2.35. The lowest BCUT2D eigenvalue weighted by molar-refractivity contribution is -0.140. The number of rotatable bonds is 6. The van der Waals surface area contributed by atoms with Crippen LogP contribution in [0.2, 0.25) is 0 Å². The second kappa shape index (κ2) is 15.5. The molecule has 0 unspecified atom stereocenters. The first-order valence-electron chi connectivity index (χ1n) is 16.6. The number of urea groups is 1. The van der Waals surface area contributed by atoms with Crippen molar-refractivity contribution in [3.63, 3.8) is 0 Å². The van der Waals surface area contributed by atoms with E-state index >= 15 is 0 Å². The Bertz CT molecular complexity index is 1400. The Morgan fingerprint density at radius 3 is 2.41 bits per heavy atom. The van der Waals surface area contributed by atoms with Gasteiger partial charge in [0.05, 0.1) is 0 Å². The van der Waals surface area contributed by atoms with Crippen LogP contribution in [0.15, 0.2) is 51.4 Å². The van der Waals surface area contributed by atoms with Gasteiger partial charge in [-0.25, -0.2) is 9.59 Å². The van der Waals surface area contributed by atoms with E-state index in [1.165, 1.54) is 0 Å². The van der Waals surface area contributed by atoms with Crippen molar-refractivity contribution < 1.29 is 19.1 Å². The van der Waals surface area contributed by atoms with Crippen LogP contribution in [0.5, 0.6) is 0 Å². The van der Waals surface area contributed by atoms with E-state index in [-0.39, 0.29) is 18.0 Å². The van der Waals surface area contributed by atoms with Gasteiger partial charge in [0, 0.05) is 79.0 Å². The zero-order chi connectivity index (χ0) is 32.0. The molecule has 10 nitrogen and oxygen atoms in total. The number of para-hydroxylation sites is 1. The van der Waals surface area contributed by atoms with Gasteiger partial charge in [0.2, 0.25) is 0 Å². The van der Waals surface area contributed by atoms with Crippen molar-refractivity contribution in [3.05, 3.63) is 62.5 Å². The average molecular weight is 761 g/mol. The molecule has 2 aromatic carbocycles. The van der Waals surface area contributed by atoms with Gasteiger partial charge in [-0.1, -0.05) is 24.3 Å². The number of carbonyl (C=O) groups excluding carboxylic acids is 3. The third kappa shape index (κ3) is 8.06. The van der Waals surface area contributed by atoms with Crippen molar-refractivity contribution >= 4 is 55.6 Å². The first kappa shape index (κ1) is 33.2. The molecule has 0 aliphatic carbocycles. The number of hydrogen-bond donors (Lipinski definition) is 2. The molecule has 2 N–H and O–H groups in total. The van der Waals surface area contributed by atoms with E-state index in [2.05, 4.69) is 53.5 Å². The molecule has 0 radical (unpaired) electrons. The van der Waals surface area contributed by atoms with Crippen LogP contribution < -0.4 is 10.6 Å². The van der Waals surface area contributed by atoms with Crippen LogP contribution in [-0.2, 0) is 22.4 Å². The van der Waals surface area contributed by atoms with E-state index in [0.717, 1.165) is 77.6 Å². The Morgan fingerprint density at radius 2 is 1.63 bits per heavy atom. The Labute approximate surface area is 288 Å². The molecule has 6 rings (SSSR count). The van der Waals surface area contributed by atoms with Crippen LogP contribution in [-0.4, -0.2) is 115 Å². The topological polar surface area (TPSA) is 97.5 Å². The van der Waals surface area contributed by atoms with E-state index in [9.17, 15) is 14.4 Å². The Morgan fingerprint density at radius 1 is 0.848 bits per heavy atom. The summed E-state index contributed by atoms with van der Waals surface area (Å²) < 4.78 is 7.89. The molecule has 3 fully saturated rings. The van der Waals surface area contributed by atoms with Crippen LogP contribution in [0.3, 0.4) is 0 Å². The van der Waals surface area contributed by atoms with Gasteiger partial charge in [0.1, 0.15) is 0 Å². The fraction of sp³-hybridized carbons (Fsp3) is 0.559. The lowest BCUT2D eigenvalue weighted by atomic mass is 10.0. The Balaban J connectivity index is 1.08. The van der Waals surface area contributed by atoms with Crippen molar-refractivity contribution in [2.75, 3.05) is 64.2 Å². The highest BCUT2D eigenvalue weighted by molar-refractivity contribution is 9.13. The molecule has 4 heterocycles. The molecule has 1 atom stereocenters. The third-order valence-corrected chi connectivity index (χ3v) is 11.8. The minimum atomic E-state index is -0.918. The summed E-state index contributed by atoms with van der Waals surface area (Å²) in [5.41, 5.74) is 2.92. The highest BCUT2D eigenvalue weighted by atomic mass is 79.9. The lowest BCUT2D eigenvalue weighted by Crippen LogP contribution is -2.51. The molecule has 2 aromatic rings. The SMILES string of the molecule is O=C(O[C@H](Cc1ccc(Br)c(Br)c1)C(=O)N1CCCN(C2CCNCC2)CC1)N1CCC(N2CCc3ccccc3NC2=O)CC1. The van der Waals surface area contributed by atoms with Gasteiger partial charge in [0.25, 0.3) is 5.91 Å². The molecule has 248 valence electrons. The number of ether oxygens (including phenoxy) is 1. The van der Waals surface area contributed by atoms with Crippen molar-refractivity contribution in [1.29, 1.82) is 0 Å². The highest BCUT2D eigenvalue weighted by Crippen LogP contribution is 2.27. The fourth-order valence-electron chi connectivity index (χ4n) is 7.25. The van der Waals surface area contributed by atoms with E-state index < -0.39 is 12.2 Å². The number of likely N-dealkylation sites (tertiary alicyclic amines) is 1. The molecule has 4 aliphatic heterocycles. The minimum absolute atomic E-state index is 0.0379. The number of amides is 4. The van der Waals surface area contributed by atoms with E-state index in [1.54, 1.807) is 4.90 Å². The molecule has 0 saturated carbocycles. The second-order valence-electron chi connectivity index (χ2n) is 12.8. The normalized spacial score (nSPS) is 21.2. The van der Waals surface area contributed by atoms with Crippen LogP contribution in [0.1, 0.15) is 43.2 Å². The predicted octanol–water partition coefficient (Wildman–Crippen LogP) is 5.10. The van der Waals surface area contributed by atoms with Gasteiger partial charge in [-0.3, -0.25) is 9.69 Å². The largest absolute Gasteiger partial charge is 0.436 e. The molecule has 46 heavy (non-hydrogen) atoms. The summed E-state index contributed by atoms with van der Waals surface area (Å²) in [5.74, 6) is -0.129. The van der Waals surface area contributed by atoms with Crippen LogP contribution in [0, 0.1) is 0 Å². The summed E-state index contributed by atoms with van der Waals surface area (Å²) in [6, 6.07) is 14.3. The molecule has 0 spiro atoms. The number of nitrogens with zero attached hydrogens (tertiary/aromatic N) is 4. The monoisotopic (exact) mass is 758 g/mol. The predicted molar refractivity (Wildman–Crippen MR) is 185 cm³/mol. The minimum Gasteiger partial charge on any atom is -0.436 e. The number of nitrogens with one attached hydrogen (secondary N) is 2. The maximum absolute atomic E-state index is 14.1. The summed E-state index contributed by atoms with van der Waals surface area (Å²) in [7, 11) is 0. The number of halogens is 2. The van der Waals surface area contributed by atoms with Crippen molar-refractivity contribution in [2.45, 2.75) is 63.1 Å². The van der Waals surface area contributed by atoms with E-state index in [0.29, 0.717) is 58.0 Å². The lowest BCUT2D eigenvalue weighted by Gasteiger charge is -2.38. The summed E-state index contributed by atoms with van der Waals surface area (Å²) in [4.78, 5) is 48.8. The standard InChI is InChI=1S/C34H44Br2N6O4/c35-28-7-6-24(22-29(28)36)23-31(32(43)40-16-3-15-39(20-21-40)26-8-13-37-14-9-26)46-34(45)41-17-11-27(12-18-41)42-19-10-25-4-1-2-5-30(25)38-33(42)44/h1-2,4-7,22,26-27,31,37H,3,8-21,23H2,(H,38,44)/t31-/m1/s1. The van der Waals surface area contributed by atoms with E-state index in [4.69, 9.17) is 4.74 Å². The fourth-order valence-corrected chi connectivity index (χ4v) is 7.93. The Kier molecular flexibility index (Phi) is 11.2. The molecule has 4 aliphatic rings. The Hall–Kier alpha value is -2.67. The molecule has 0 aromatic heterocycles. The number of fused-ring (bicyclic) bond motifs is 1. The number of hydrogen-bond acceptors (Lipinski definition) is 6. The average Bonchev–Trinajstić information content (AvgIpc) is 3.43. The van der Waals surface area contributed by atoms with Gasteiger partial charge in [-0.05, 0) is 113 Å². The number of piperidine rings is 2. The molecule has 0 bridgehead atoms. The maximum Gasteiger partial charge on any atom is 0.410 e. The maximum atomic E-state index is 14.1. The van der Waals surface area contributed by atoms with Crippen LogP contribution in [0.4, 0.5) is 15.3 Å².